The van der Waals surface area contributed by atoms with Gasteiger partial charge in [0.1, 0.15) is 4.71 Å². The van der Waals surface area contributed by atoms with E-state index in [0.29, 0.717) is 4.71 Å². The van der Waals surface area contributed by atoms with Crippen molar-refractivity contribution in [2.75, 3.05) is 19.8 Å². The molecule has 0 amide bonds. The lowest BCUT2D eigenvalue weighted by Gasteiger charge is -2.19. The Morgan fingerprint density at radius 3 is 2.75 bits per heavy atom. The molecule has 0 radical (unpaired) electrons. The minimum atomic E-state index is -0.00560. The molecule has 5 heteroatoms. The molecule has 0 saturated carbocycles. The Morgan fingerprint density at radius 2 is 2.33 bits per heavy atom. The van der Waals surface area contributed by atoms with Gasteiger partial charge in [-0.3, -0.25) is 4.90 Å². The number of thioether (sulfide) groups is 2. The smallest absolute Gasteiger partial charge is 0.103 e. The average molecular weight is 206 g/mol. The molecule has 0 spiro atoms. The normalized spacial score (nSPS) is 36.8. The second kappa shape index (κ2) is 3.89. The van der Waals surface area contributed by atoms with Crippen LogP contribution in [0.3, 0.4) is 0 Å². The lowest BCUT2D eigenvalue weighted by atomic mass is 10.2. The van der Waals surface area contributed by atoms with E-state index < -0.39 is 0 Å². The first-order chi connectivity index (χ1) is 5.57. The molecular formula is C7H14N2OS2. The predicted octanol–water partition coefficient (Wildman–Crippen LogP) is 1.53. The van der Waals surface area contributed by atoms with Crippen molar-refractivity contribution < 1.29 is 5.21 Å². The molecule has 12 heavy (non-hydrogen) atoms. The zero-order valence-corrected chi connectivity index (χ0v) is 9.15. The molecule has 0 aromatic carbocycles. The van der Waals surface area contributed by atoms with E-state index in [1.807, 2.05) is 23.5 Å². The highest BCUT2D eigenvalue weighted by Gasteiger charge is 2.36. The summed E-state index contributed by atoms with van der Waals surface area (Å²) in [6.07, 6.45) is 1.62. The predicted molar refractivity (Wildman–Crippen MR) is 56.2 cm³/mol. The van der Waals surface area contributed by atoms with E-state index in [9.17, 15) is 0 Å². The summed E-state index contributed by atoms with van der Waals surface area (Å²) >= 11 is 3.71. The number of rotatable bonds is 2. The third-order valence-corrected chi connectivity index (χ3v) is 5.40. The summed E-state index contributed by atoms with van der Waals surface area (Å²) in [4.78, 5) is 2.17. The van der Waals surface area contributed by atoms with Crippen LogP contribution in [0.25, 0.3) is 0 Å². The van der Waals surface area contributed by atoms with E-state index in [1.165, 1.54) is 0 Å². The standard InChI is InChI=1S/C7H14N2OS2/c1-7(4-8-10)5-11-6(12-7)9(2)3/h4,6,10H,5H2,1-3H3/b8-4-/t6-,7-/m1/s1. The van der Waals surface area contributed by atoms with Crippen molar-refractivity contribution in [2.24, 2.45) is 5.16 Å². The second-order valence-electron chi connectivity index (χ2n) is 3.26. The Hall–Kier alpha value is 0.130. The van der Waals surface area contributed by atoms with Gasteiger partial charge in [0.2, 0.25) is 0 Å². The summed E-state index contributed by atoms with van der Waals surface area (Å²) in [5.41, 5.74) is 0. The molecule has 1 N–H and O–H groups in total. The van der Waals surface area contributed by atoms with Crippen molar-refractivity contribution >= 4 is 29.7 Å². The van der Waals surface area contributed by atoms with Crippen LogP contribution in [0.5, 0.6) is 0 Å². The van der Waals surface area contributed by atoms with Gasteiger partial charge in [-0.15, -0.1) is 28.7 Å². The van der Waals surface area contributed by atoms with Crippen molar-refractivity contribution in [3.63, 3.8) is 0 Å². The van der Waals surface area contributed by atoms with Crippen LogP contribution in [0.1, 0.15) is 6.92 Å². The maximum absolute atomic E-state index is 8.45. The van der Waals surface area contributed by atoms with Gasteiger partial charge in [-0.1, -0.05) is 0 Å². The van der Waals surface area contributed by atoms with Crippen LogP contribution < -0.4 is 0 Å². The highest BCUT2D eigenvalue weighted by molar-refractivity contribution is 8.21. The number of hydrogen-bond donors (Lipinski definition) is 1. The summed E-state index contributed by atoms with van der Waals surface area (Å²) in [5, 5.41) is 11.6. The average Bonchev–Trinajstić information content (AvgIpc) is 2.33. The second-order valence-corrected chi connectivity index (χ2v) is 6.24. The van der Waals surface area contributed by atoms with E-state index in [2.05, 4.69) is 31.1 Å². The SMILES string of the molecule is CN(C)[C@@H]1SC[C@@](C)(/C=N\O)S1. The van der Waals surface area contributed by atoms with Crippen LogP contribution in [0.2, 0.25) is 0 Å². The fourth-order valence-corrected chi connectivity index (χ4v) is 4.22. The molecule has 0 bridgehead atoms. The van der Waals surface area contributed by atoms with E-state index in [1.54, 1.807) is 6.21 Å². The summed E-state index contributed by atoms with van der Waals surface area (Å²) in [6, 6.07) is 0. The minimum absolute atomic E-state index is 0.00560. The van der Waals surface area contributed by atoms with E-state index in [-0.39, 0.29) is 4.75 Å². The summed E-state index contributed by atoms with van der Waals surface area (Å²) in [6.45, 7) is 2.09. The molecule has 1 saturated heterocycles. The summed E-state index contributed by atoms with van der Waals surface area (Å²) < 4.78 is 0.474. The van der Waals surface area contributed by atoms with Crippen LogP contribution in [0, 0.1) is 0 Å². The van der Waals surface area contributed by atoms with Crippen molar-refractivity contribution in [3.05, 3.63) is 0 Å². The van der Waals surface area contributed by atoms with Crippen molar-refractivity contribution in [1.29, 1.82) is 0 Å². The zero-order chi connectivity index (χ0) is 9.19. The molecule has 0 aliphatic carbocycles. The van der Waals surface area contributed by atoms with Gasteiger partial charge in [0.05, 0.1) is 11.0 Å². The molecule has 1 aliphatic heterocycles. The molecule has 0 aromatic rings. The quantitative estimate of drug-likeness (QED) is 0.422. The molecule has 1 heterocycles. The highest BCUT2D eigenvalue weighted by Crippen LogP contribution is 2.45. The molecule has 0 unspecified atom stereocenters. The Labute approximate surface area is 81.6 Å². The number of hydrogen-bond acceptors (Lipinski definition) is 5. The van der Waals surface area contributed by atoms with Gasteiger partial charge in [0, 0.05) is 5.75 Å². The highest BCUT2D eigenvalue weighted by atomic mass is 32.2. The maximum Gasteiger partial charge on any atom is 0.103 e. The van der Waals surface area contributed by atoms with Gasteiger partial charge in [0.15, 0.2) is 0 Å². The van der Waals surface area contributed by atoms with Gasteiger partial charge in [0.25, 0.3) is 0 Å². The molecule has 1 fully saturated rings. The monoisotopic (exact) mass is 206 g/mol. The zero-order valence-electron chi connectivity index (χ0n) is 7.52. The fourth-order valence-electron chi connectivity index (χ4n) is 0.979. The van der Waals surface area contributed by atoms with Gasteiger partial charge in [-0.05, 0) is 21.0 Å². The van der Waals surface area contributed by atoms with Crippen LogP contribution in [-0.4, -0.2) is 45.6 Å². The Balaban J connectivity index is 2.54. The first-order valence-electron chi connectivity index (χ1n) is 3.72. The molecule has 3 nitrogen and oxygen atoms in total. The molecule has 2 atom stereocenters. The van der Waals surface area contributed by atoms with E-state index in [4.69, 9.17) is 5.21 Å². The first kappa shape index (κ1) is 10.2. The molecule has 1 aliphatic rings. The van der Waals surface area contributed by atoms with Gasteiger partial charge in [-0.2, -0.15) is 0 Å². The maximum atomic E-state index is 8.45. The Morgan fingerprint density at radius 1 is 1.67 bits per heavy atom. The molecule has 1 rings (SSSR count). The Bertz CT molecular complexity index is 186. The number of nitrogens with zero attached hydrogens (tertiary/aromatic N) is 2. The lowest BCUT2D eigenvalue weighted by Crippen LogP contribution is -2.24. The molecule has 0 aromatic heterocycles. The fraction of sp³-hybridized carbons (Fsp3) is 0.857. The first-order valence-corrected chi connectivity index (χ1v) is 5.65. The van der Waals surface area contributed by atoms with Gasteiger partial charge >= 0.3 is 0 Å². The topological polar surface area (TPSA) is 35.8 Å². The third-order valence-electron chi connectivity index (χ3n) is 1.64. The minimum Gasteiger partial charge on any atom is -0.411 e. The van der Waals surface area contributed by atoms with Crippen LogP contribution in [0.4, 0.5) is 0 Å². The largest absolute Gasteiger partial charge is 0.411 e. The van der Waals surface area contributed by atoms with Crippen LogP contribution in [-0.2, 0) is 0 Å². The van der Waals surface area contributed by atoms with Crippen molar-refractivity contribution in [2.45, 2.75) is 16.4 Å². The number of oxime groups is 1. The molecule has 70 valence electrons. The molecular weight excluding hydrogens is 192 g/mol. The third kappa shape index (κ3) is 2.31. The summed E-state index contributed by atoms with van der Waals surface area (Å²) in [7, 11) is 4.12. The van der Waals surface area contributed by atoms with E-state index in [0.717, 1.165) is 5.75 Å². The van der Waals surface area contributed by atoms with Gasteiger partial charge < -0.3 is 5.21 Å². The van der Waals surface area contributed by atoms with Crippen molar-refractivity contribution in [1.82, 2.24) is 4.90 Å². The van der Waals surface area contributed by atoms with E-state index >= 15 is 0 Å². The van der Waals surface area contributed by atoms with Crippen molar-refractivity contribution in [3.8, 4) is 0 Å². The lowest BCUT2D eigenvalue weighted by molar-refractivity contribution is 0.319. The Kier molecular flexibility index (Phi) is 3.31. The summed E-state index contributed by atoms with van der Waals surface area (Å²) in [5.74, 6) is 1.00. The van der Waals surface area contributed by atoms with Crippen LogP contribution >= 0.6 is 23.5 Å². The van der Waals surface area contributed by atoms with Crippen LogP contribution in [0.15, 0.2) is 5.16 Å². The van der Waals surface area contributed by atoms with Gasteiger partial charge in [-0.25, -0.2) is 0 Å².